The van der Waals surface area contributed by atoms with E-state index in [1.165, 1.54) is 6.33 Å². The zero-order valence-electron chi connectivity index (χ0n) is 16.8. The standard InChI is InChI=1S/C20H22F3N7O/c1-12-4-6-14(7-5-12)27-19(31)24-9-13-3-2-8-30(10-13)17-15-16(26-11-25-15)28-18(29-17)20(21,22)23/h4-7,11,13H,2-3,8-10H2,1H3,(H2,24,27,31)(H,25,26,28,29). The lowest BCUT2D eigenvalue weighted by Gasteiger charge is -2.34. The third-order valence-electron chi connectivity index (χ3n) is 5.20. The van der Waals surface area contributed by atoms with Gasteiger partial charge < -0.3 is 20.5 Å². The second-order valence-electron chi connectivity index (χ2n) is 7.63. The number of anilines is 2. The van der Waals surface area contributed by atoms with Gasteiger partial charge in [0.1, 0.15) is 5.52 Å². The number of nitrogens with zero attached hydrogens (tertiary/aromatic N) is 4. The first kappa shape index (κ1) is 20.9. The van der Waals surface area contributed by atoms with E-state index in [9.17, 15) is 18.0 Å². The van der Waals surface area contributed by atoms with Crippen LogP contribution in [0.1, 0.15) is 24.2 Å². The molecule has 1 fully saturated rings. The highest BCUT2D eigenvalue weighted by Crippen LogP contribution is 2.32. The molecule has 3 heterocycles. The monoisotopic (exact) mass is 433 g/mol. The van der Waals surface area contributed by atoms with Crippen LogP contribution in [0.4, 0.5) is 29.5 Å². The number of halogens is 3. The van der Waals surface area contributed by atoms with Gasteiger partial charge >= 0.3 is 12.2 Å². The molecule has 0 aliphatic carbocycles. The Labute approximate surface area is 176 Å². The largest absolute Gasteiger partial charge is 0.451 e. The molecular weight excluding hydrogens is 411 g/mol. The molecule has 3 aromatic rings. The lowest BCUT2D eigenvalue weighted by atomic mass is 9.98. The summed E-state index contributed by atoms with van der Waals surface area (Å²) < 4.78 is 39.7. The molecule has 2 amide bonds. The smallest absolute Gasteiger partial charge is 0.354 e. The predicted molar refractivity (Wildman–Crippen MR) is 110 cm³/mol. The number of carbonyl (C=O) groups is 1. The van der Waals surface area contributed by atoms with E-state index in [1.807, 2.05) is 31.2 Å². The topological polar surface area (TPSA) is 98.8 Å². The zero-order chi connectivity index (χ0) is 22.0. The van der Waals surface area contributed by atoms with Crippen molar-refractivity contribution in [2.24, 2.45) is 5.92 Å². The molecule has 0 spiro atoms. The normalized spacial score (nSPS) is 17.0. The summed E-state index contributed by atoms with van der Waals surface area (Å²) in [5.74, 6) is -0.955. The van der Waals surface area contributed by atoms with Crippen molar-refractivity contribution in [3.05, 3.63) is 42.0 Å². The van der Waals surface area contributed by atoms with Gasteiger partial charge in [0.2, 0.25) is 5.82 Å². The fourth-order valence-electron chi connectivity index (χ4n) is 3.65. The summed E-state index contributed by atoms with van der Waals surface area (Å²) in [7, 11) is 0. The van der Waals surface area contributed by atoms with Gasteiger partial charge in [-0.25, -0.2) is 19.7 Å². The lowest BCUT2D eigenvalue weighted by Crippen LogP contribution is -2.42. The molecule has 1 unspecified atom stereocenters. The Morgan fingerprint density at radius 3 is 2.77 bits per heavy atom. The third-order valence-corrected chi connectivity index (χ3v) is 5.20. The minimum Gasteiger partial charge on any atom is -0.354 e. The van der Waals surface area contributed by atoms with Gasteiger partial charge in [-0.3, -0.25) is 0 Å². The number of hydrogen-bond donors (Lipinski definition) is 3. The van der Waals surface area contributed by atoms with Gasteiger partial charge in [0, 0.05) is 25.3 Å². The van der Waals surface area contributed by atoms with E-state index >= 15 is 0 Å². The molecule has 1 saturated heterocycles. The van der Waals surface area contributed by atoms with Crippen LogP contribution in [0.25, 0.3) is 11.2 Å². The van der Waals surface area contributed by atoms with Crippen molar-refractivity contribution >= 4 is 28.7 Å². The van der Waals surface area contributed by atoms with Crippen LogP contribution in [0.15, 0.2) is 30.6 Å². The maximum atomic E-state index is 13.2. The van der Waals surface area contributed by atoms with Gasteiger partial charge in [0.25, 0.3) is 0 Å². The van der Waals surface area contributed by atoms with Crippen LogP contribution in [0.5, 0.6) is 0 Å². The van der Waals surface area contributed by atoms with E-state index in [1.54, 1.807) is 4.90 Å². The third kappa shape index (κ3) is 4.86. The number of imidazole rings is 1. The quantitative estimate of drug-likeness (QED) is 0.583. The van der Waals surface area contributed by atoms with Crippen molar-refractivity contribution in [1.82, 2.24) is 25.3 Å². The van der Waals surface area contributed by atoms with E-state index in [2.05, 4.69) is 30.6 Å². The molecule has 164 valence electrons. The molecule has 1 atom stereocenters. The Hall–Kier alpha value is -3.37. The molecule has 0 saturated carbocycles. The molecule has 8 nitrogen and oxygen atoms in total. The first-order chi connectivity index (χ1) is 14.8. The average molecular weight is 433 g/mol. The van der Waals surface area contributed by atoms with E-state index in [-0.39, 0.29) is 23.4 Å². The maximum Gasteiger partial charge on any atom is 0.451 e. The maximum absolute atomic E-state index is 13.2. The number of fused-ring (bicyclic) bond motifs is 1. The van der Waals surface area contributed by atoms with Gasteiger partial charge in [0.05, 0.1) is 6.33 Å². The Kier molecular flexibility index (Phi) is 5.66. The van der Waals surface area contributed by atoms with Crippen LogP contribution in [0, 0.1) is 12.8 Å². The summed E-state index contributed by atoms with van der Waals surface area (Å²) in [6.07, 6.45) is -1.73. The van der Waals surface area contributed by atoms with Gasteiger partial charge in [-0.15, -0.1) is 0 Å². The Bertz CT molecular complexity index is 1060. The zero-order valence-corrected chi connectivity index (χ0v) is 16.8. The number of carbonyl (C=O) groups excluding carboxylic acids is 1. The van der Waals surface area contributed by atoms with Crippen LogP contribution >= 0.6 is 0 Å². The summed E-state index contributed by atoms with van der Waals surface area (Å²) in [6.45, 7) is 3.39. The minimum absolute atomic E-state index is 0.0185. The van der Waals surface area contributed by atoms with Crippen molar-refractivity contribution < 1.29 is 18.0 Å². The molecule has 1 aromatic carbocycles. The van der Waals surface area contributed by atoms with Crippen molar-refractivity contribution in [3.8, 4) is 0 Å². The molecule has 0 radical (unpaired) electrons. The number of hydrogen-bond acceptors (Lipinski definition) is 5. The summed E-state index contributed by atoms with van der Waals surface area (Å²) in [5, 5.41) is 5.62. The van der Waals surface area contributed by atoms with E-state index in [0.717, 1.165) is 18.4 Å². The minimum atomic E-state index is -4.66. The lowest BCUT2D eigenvalue weighted by molar-refractivity contribution is -0.144. The first-order valence-electron chi connectivity index (χ1n) is 9.94. The number of aromatic amines is 1. The van der Waals surface area contributed by atoms with Gasteiger partial charge in [-0.2, -0.15) is 13.2 Å². The molecule has 4 rings (SSSR count). The fourth-order valence-corrected chi connectivity index (χ4v) is 3.65. The molecule has 31 heavy (non-hydrogen) atoms. The van der Waals surface area contributed by atoms with Crippen molar-refractivity contribution in [2.75, 3.05) is 29.9 Å². The highest BCUT2D eigenvalue weighted by atomic mass is 19.4. The summed E-state index contributed by atoms with van der Waals surface area (Å²) in [6, 6.07) is 7.13. The second kappa shape index (κ2) is 8.40. The molecular formula is C20H22F3N7O. The highest BCUT2D eigenvalue weighted by molar-refractivity contribution is 5.89. The Balaban J connectivity index is 1.42. The highest BCUT2D eigenvalue weighted by Gasteiger charge is 2.37. The number of aryl methyl sites for hydroxylation is 1. The van der Waals surface area contributed by atoms with Crippen LogP contribution in [-0.2, 0) is 6.18 Å². The van der Waals surface area contributed by atoms with Crippen LogP contribution in [0.2, 0.25) is 0 Å². The molecule has 3 N–H and O–H groups in total. The van der Waals surface area contributed by atoms with Gasteiger partial charge in [-0.1, -0.05) is 17.7 Å². The molecule has 1 aliphatic rings. The summed E-state index contributed by atoms with van der Waals surface area (Å²) in [5.41, 5.74) is 2.14. The van der Waals surface area contributed by atoms with Crippen LogP contribution in [-0.4, -0.2) is 45.6 Å². The number of H-pyrrole nitrogens is 1. The number of rotatable bonds is 4. The number of aromatic nitrogens is 4. The van der Waals surface area contributed by atoms with Crippen molar-refractivity contribution in [1.29, 1.82) is 0 Å². The van der Waals surface area contributed by atoms with Gasteiger partial charge in [-0.05, 0) is 37.8 Å². The number of alkyl halides is 3. The van der Waals surface area contributed by atoms with E-state index < -0.39 is 12.0 Å². The Morgan fingerprint density at radius 1 is 1.26 bits per heavy atom. The van der Waals surface area contributed by atoms with Crippen molar-refractivity contribution in [3.63, 3.8) is 0 Å². The number of piperidine rings is 1. The second-order valence-corrected chi connectivity index (χ2v) is 7.63. The fraction of sp³-hybridized carbons (Fsp3) is 0.400. The van der Waals surface area contributed by atoms with Crippen LogP contribution in [0.3, 0.4) is 0 Å². The number of benzene rings is 1. The number of amides is 2. The SMILES string of the molecule is Cc1ccc(NC(=O)NCC2CCCN(c3nc(C(F)(F)F)nc4nc[nH]c34)C2)cc1. The molecule has 1 aliphatic heterocycles. The van der Waals surface area contributed by atoms with Crippen LogP contribution < -0.4 is 15.5 Å². The Morgan fingerprint density at radius 2 is 2.03 bits per heavy atom. The molecule has 0 bridgehead atoms. The predicted octanol–water partition coefficient (Wildman–Crippen LogP) is 3.72. The van der Waals surface area contributed by atoms with E-state index in [0.29, 0.717) is 30.8 Å². The molecule has 2 aromatic heterocycles. The first-order valence-corrected chi connectivity index (χ1v) is 9.94. The van der Waals surface area contributed by atoms with Crippen molar-refractivity contribution in [2.45, 2.75) is 25.9 Å². The number of nitrogens with one attached hydrogen (secondary N) is 3. The summed E-state index contributed by atoms with van der Waals surface area (Å²) >= 11 is 0. The number of urea groups is 1. The molecule has 11 heteroatoms. The van der Waals surface area contributed by atoms with E-state index in [4.69, 9.17) is 0 Å². The van der Waals surface area contributed by atoms with Gasteiger partial charge in [0.15, 0.2) is 11.5 Å². The summed E-state index contributed by atoms with van der Waals surface area (Å²) in [4.78, 5) is 28.0. The average Bonchev–Trinajstić information content (AvgIpc) is 3.22.